The van der Waals surface area contributed by atoms with E-state index in [2.05, 4.69) is 13.8 Å². The lowest BCUT2D eigenvalue weighted by Crippen LogP contribution is -2.43. The second-order valence-electron chi connectivity index (χ2n) is 9.21. The van der Waals surface area contributed by atoms with Gasteiger partial charge < -0.3 is 10.8 Å². The summed E-state index contributed by atoms with van der Waals surface area (Å²) < 4.78 is 0. The predicted octanol–water partition coefficient (Wildman–Crippen LogP) is 3.57. The van der Waals surface area contributed by atoms with Crippen LogP contribution < -0.4 is 5.73 Å². The van der Waals surface area contributed by atoms with E-state index in [0.717, 1.165) is 19.3 Å². The van der Waals surface area contributed by atoms with E-state index in [-0.39, 0.29) is 5.92 Å². The van der Waals surface area contributed by atoms with Gasteiger partial charge in [0.2, 0.25) is 0 Å². The summed E-state index contributed by atoms with van der Waals surface area (Å²) in [5, 5.41) is 9.34. The van der Waals surface area contributed by atoms with Gasteiger partial charge >= 0.3 is 5.97 Å². The molecular weight excluding hydrogens is 262 g/mol. The van der Waals surface area contributed by atoms with Gasteiger partial charge in [-0.2, -0.15) is 0 Å². The van der Waals surface area contributed by atoms with E-state index in [9.17, 15) is 9.90 Å². The summed E-state index contributed by atoms with van der Waals surface area (Å²) in [6, 6.07) is -0.669. The van der Waals surface area contributed by atoms with Gasteiger partial charge in [0.25, 0.3) is 0 Å². The highest BCUT2D eigenvalue weighted by Gasteiger charge is 2.85. The van der Waals surface area contributed by atoms with Crippen molar-refractivity contribution in [2.24, 2.45) is 33.3 Å². The van der Waals surface area contributed by atoms with E-state index >= 15 is 0 Å². The number of carboxylic acid groups (broad SMARTS) is 1. The Morgan fingerprint density at radius 1 is 1.10 bits per heavy atom. The highest BCUT2D eigenvalue weighted by molar-refractivity contribution is 5.73. The number of nitrogens with two attached hydrogens (primary N) is 1. The molecular formula is C18H29NO2. The van der Waals surface area contributed by atoms with Crippen LogP contribution in [0.3, 0.4) is 0 Å². The summed E-state index contributed by atoms with van der Waals surface area (Å²) in [6.07, 6.45) is 11.4. The molecule has 4 aliphatic carbocycles. The minimum Gasteiger partial charge on any atom is -0.480 e. The van der Waals surface area contributed by atoms with E-state index in [1.807, 2.05) is 0 Å². The summed E-state index contributed by atoms with van der Waals surface area (Å²) in [6.45, 7) is 5.01. The molecule has 118 valence electrons. The van der Waals surface area contributed by atoms with Gasteiger partial charge in [-0.25, -0.2) is 0 Å². The summed E-state index contributed by atoms with van der Waals surface area (Å²) in [7, 11) is 0. The number of hydrogen-bond donors (Lipinski definition) is 2. The second kappa shape index (κ2) is 3.84. The molecule has 0 aromatic rings. The molecule has 0 aromatic heterocycles. The maximum Gasteiger partial charge on any atom is 0.320 e. The molecule has 0 aliphatic heterocycles. The molecule has 0 heterocycles. The normalized spacial score (nSPS) is 56.0. The Bertz CT molecular complexity index is 505. The largest absolute Gasteiger partial charge is 0.480 e. The second-order valence-corrected chi connectivity index (χ2v) is 9.21. The van der Waals surface area contributed by atoms with Crippen LogP contribution in [-0.2, 0) is 4.79 Å². The number of hydrogen-bond acceptors (Lipinski definition) is 2. The molecule has 4 saturated carbocycles. The van der Waals surface area contributed by atoms with Crippen LogP contribution in [0.5, 0.6) is 0 Å². The minimum atomic E-state index is -0.809. The third-order valence-corrected chi connectivity index (χ3v) is 8.50. The van der Waals surface area contributed by atoms with Gasteiger partial charge in [-0.05, 0) is 72.5 Å². The minimum absolute atomic E-state index is 0.170. The van der Waals surface area contributed by atoms with Gasteiger partial charge in [0, 0.05) is 0 Å². The third kappa shape index (κ3) is 1.42. The smallest absolute Gasteiger partial charge is 0.320 e. The van der Waals surface area contributed by atoms with Crippen molar-refractivity contribution in [1.29, 1.82) is 0 Å². The van der Waals surface area contributed by atoms with Crippen molar-refractivity contribution in [1.82, 2.24) is 0 Å². The topological polar surface area (TPSA) is 63.3 Å². The SMILES string of the molecule is CC12CCCC(C(N)C(=O)O)CC(C)(C1)C13CCCC21C3. The molecule has 0 spiro atoms. The van der Waals surface area contributed by atoms with Crippen LogP contribution in [0.25, 0.3) is 0 Å². The lowest BCUT2D eigenvalue weighted by atomic mass is 9.61. The molecule has 0 radical (unpaired) electrons. The van der Waals surface area contributed by atoms with Crippen molar-refractivity contribution in [3.8, 4) is 0 Å². The first-order chi connectivity index (χ1) is 9.79. The van der Waals surface area contributed by atoms with Crippen molar-refractivity contribution in [3.63, 3.8) is 0 Å². The molecule has 4 fully saturated rings. The van der Waals surface area contributed by atoms with Crippen LogP contribution in [0.4, 0.5) is 0 Å². The Morgan fingerprint density at radius 3 is 2.43 bits per heavy atom. The summed E-state index contributed by atoms with van der Waals surface area (Å²) in [4.78, 5) is 11.4. The first kappa shape index (κ1) is 14.0. The number of carbonyl (C=O) groups is 1. The van der Waals surface area contributed by atoms with Crippen molar-refractivity contribution in [3.05, 3.63) is 0 Å². The summed E-state index contributed by atoms with van der Waals surface area (Å²) >= 11 is 0. The third-order valence-electron chi connectivity index (χ3n) is 8.50. The Kier molecular flexibility index (Phi) is 2.57. The Hall–Kier alpha value is -0.570. The predicted molar refractivity (Wildman–Crippen MR) is 81.7 cm³/mol. The van der Waals surface area contributed by atoms with E-state index < -0.39 is 12.0 Å². The quantitative estimate of drug-likeness (QED) is 0.817. The molecule has 0 aromatic carbocycles. The molecule has 4 rings (SSSR count). The zero-order valence-corrected chi connectivity index (χ0v) is 13.5. The zero-order valence-electron chi connectivity index (χ0n) is 13.5. The van der Waals surface area contributed by atoms with Gasteiger partial charge in [-0.1, -0.05) is 26.7 Å². The number of rotatable bonds is 2. The summed E-state index contributed by atoms with van der Waals surface area (Å²) in [5.74, 6) is -0.640. The average molecular weight is 291 g/mol. The lowest BCUT2D eigenvalue weighted by Gasteiger charge is -2.44. The highest BCUT2D eigenvalue weighted by atomic mass is 16.4. The Morgan fingerprint density at radius 2 is 1.76 bits per heavy atom. The molecule has 3 heteroatoms. The maximum atomic E-state index is 11.4. The van der Waals surface area contributed by atoms with Gasteiger partial charge in [0.15, 0.2) is 0 Å². The molecule has 2 bridgehead atoms. The van der Waals surface area contributed by atoms with E-state index in [4.69, 9.17) is 5.73 Å². The van der Waals surface area contributed by atoms with Crippen LogP contribution in [-0.4, -0.2) is 17.1 Å². The van der Waals surface area contributed by atoms with Crippen molar-refractivity contribution >= 4 is 5.97 Å². The summed E-state index contributed by atoms with van der Waals surface area (Å²) in [5.41, 5.74) is 8.01. The molecule has 6 unspecified atom stereocenters. The molecule has 6 atom stereocenters. The van der Waals surface area contributed by atoms with Crippen molar-refractivity contribution in [2.45, 2.75) is 77.7 Å². The Labute approximate surface area is 127 Å². The van der Waals surface area contributed by atoms with Gasteiger partial charge in [-0.3, -0.25) is 4.79 Å². The first-order valence-electron chi connectivity index (χ1n) is 8.78. The highest BCUT2D eigenvalue weighted by Crippen LogP contribution is 2.93. The first-order valence-corrected chi connectivity index (χ1v) is 8.78. The average Bonchev–Trinajstić information content (AvgIpc) is 2.89. The van der Waals surface area contributed by atoms with E-state index in [0.29, 0.717) is 21.7 Å². The molecule has 3 N–H and O–H groups in total. The van der Waals surface area contributed by atoms with Crippen LogP contribution in [0.2, 0.25) is 0 Å². The monoisotopic (exact) mass is 291 g/mol. The molecule has 21 heavy (non-hydrogen) atoms. The van der Waals surface area contributed by atoms with E-state index in [1.54, 1.807) is 0 Å². The van der Waals surface area contributed by atoms with Crippen molar-refractivity contribution < 1.29 is 9.90 Å². The molecule has 4 aliphatic rings. The maximum absolute atomic E-state index is 11.4. The number of carboxylic acids is 1. The van der Waals surface area contributed by atoms with Crippen LogP contribution in [0, 0.1) is 27.6 Å². The Balaban J connectivity index is 1.71. The fourth-order valence-electron chi connectivity index (χ4n) is 7.74. The van der Waals surface area contributed by atoms with Gasteiger partial charge in [0.05, 0.1) is 0 Å². The molecule has 3 nitrogen and oxygen atoms in total. The number of aliphatic carboxylic acids is 1. The number of fused-ring (bicyclic) bond motifs is 2. The fraction of sp³-hybridized carbons (Fsp3) is 0.944. The van der Waals surface area contributed by atoms with Crippen molar-refractivity contribution in [2.75, 3.05) is 0 Å². The van der Waals surface area contributed by atoms with Gasteiger partial charge in [-0.15, -0.1) is 0 Å². The fourth-order valence-corrected chi connectivity index (χ4v) is 7.74. The zero-order chi connectivity index (χ0) is 15.1. The standard InChI is InChI=1S/C18H29NO2/c1-15-6-3-5-12(13(19)14(20)21)9-16(2,10-15)18-8-4-7-17(15,18)11-18/h12-13H,3-11,19H2,1-2H3,(H,20,21). The molecule has 0 saturated heterocycles. The van der Waals surface area contributed by atoms with E-state index in [1.165, 1.54) is 38.5 Å². The lowest BCUT2D eigenvalue weighted by molar-refractivity contribution is -0.140. The van der Waals surface area contributed by atoms with Crippen LogP contribution in [0.15, 0.2) is 0 Å². The van der Waals surface area contributed by atoms with Crippen LogP contribution >= 0.6 is 0 Å². The van der Waals surface area contributed by atoms with Gasteiger partial charge in [0.1, 0.15) is 6.04 Å². The van der Waals surface area contributed by atoms with Crippen LogP contribution in [0.1, 0.15) is 71.6 Å². The molecule has 0 amide bonds.